The molecule has 2 rings (SSSR count). The van der Waals surface area contributed by atoms with Crippen LogP contribution < -0.4 is 0 Å². The molecule has 1 heterocycles. The van der Waals surface area contributed by atoms with Crippen LogP contribution in [-0.4, -0.2) is 55.4 Å². The topological polar surface area (TPSA) is 37.4 Å². The van der Waals surface area contributed by atoms with Gasteiger partial charge in [0.25, 0.3) is 0 Å². The average molecular weight is 251 g/mol. The van der Waals surface area contributed by atoms with Crippen molar-refractivity contribution in [2.45, 2.75) is 19.8 Å². The number of likely N-dealkylation sites (N-methyl/N-ethyl adjacent to an activating group) is 1. The monoisotopic (exact) mass is 251 g/mol. The Labute approximate surface area is 109 Å². The molecular weight excluding hydrogens is 228 g/mol. The van der Waals surface area contributed by atoms with Crippen LogP contribution >= 0.6 is 0 Å². The summed E-state index contributed by atoms with van der Waals surface area (Å²) in [4.78, 5) is 26.0. The van der Waals surface area contributed by atoms with Crippen LogP contribution in [0.25, 0.3) is 0 Å². The molecule has 1 aliphatic heterocycles. The zero-order chi connectivity index (χ0) is 13.5. The van der Waals surface area contributed by atoms with E-state index in [0.29, 0.717) is 6.54 Å². The number of hydrogen-bond acceptors (Lipinski definition) is 2. The third-order valence-electron chi connectivity index (χ3n) is 3.91. The quantitative estimate of drug-likeness (QED) is 0.427. The van der Waals surface area contributed by atoms with Gasteiger partial charge < -0.3 is 4.48 Å². The number of amides is 2. The molecule has 18 heavy (non-hydrogen) atoms. The first kappa shape index (κ1) is 13.3. The first-order chi connectivity index (χ1) is 8.29. The van der Waals surface area contributed by atoms with E-state index in [1.165, 1.54) is 10.5 Å². The highest BCUT2D eigenvalue weighted by molar-refractivity contribution is 6.05. The Morgan fingerprint density at radius 2 is 1.83 bits per heavy atom. The minimum Gasteiger partial charge on any atom is -0.329 e. The third kappa shape index (κ3) is 2.48. The second kappa shape index (κ2) is 4.50. The molecule has 1 saturated heterocycles. The molecule has 0 aromatic heterocycles. The van der Waals surface area contributed by atoms with Gasteiger partial charge in [0.15, 0.2) is 0 Å². The lowest BCUT2D eigenvalue weighted by atomic mass is 9.82. The Morgan fingerprint density at radius 1 is 1.22 bits per heavy atom. The average Bonchev–Trinajstić information content (AvgIpc) is 2.48. The smallest absolute Gasteiger partial charge is 0.233 e. The number of fused-ring (bicyclic) bond motifs is 1. The molecule has 2 aliphatic rings. The summed E-state index contributed by atoms with van der Waals surface area (Å²) in [6.07, 6.45) is 3.60. The van der Waals surface area contributed by atoms with Crippen molar-refractivity contribution in [1.82, 2.24) is 4.90 Å². The molecule has 0 N–H and O–H groups in total. The number of imide groups is 1. The van der Waals surface area contributed by atoms with Crippen molar-refractivity contribution < 1.29 is 14.1 Å². The molecule has 0 radical (unpaired) electrons. The molecule has 2 amide bonds. The van der Waals surface area contributed by atoms with Gasteiger partial charge in [-0.2, -0.15) is 0 Å². The highest BCUT2D eigenvalue weighted by Gasteiger charge is 2.48. The number of allylic oxidation sites excluding steroid dienone is 2. The molecule has 4 nitrogen and oxygen atoms in total. The molecule has 1 fully saturated rings. The number of carbonyl (C=O) groups excluding carboxylic acids is 2. The fourth-order valence-electron chi connectivity index (χ4n) is 2.73. The van der Waals surface area contributed by atoms with Gasteiger partial charge in [-0.05, 0) is 19.8 Å². The minimum atomic E-state index is -0.0892. The first-order valence-corrected chi connectivity index (χ1v) is 6.61. The van der Waals surface area contributed by atoms with E-state index in [9.17, 15) is 9.59 Å². The second-order valence-corrected chi connectivity index (χ2v) is 6.55. The summed E-state index contributed by atoms with van der Waals surface area (Å²) in [5.74, 6) is -0.0864. The summed E-state index contributed by atoms with van der Waals surface area (Å²) in [6, 6.07) is 0. The number of hydrogen-bond donors (Lipinski definition) is 0. The van der Waals surface area contributed by atoms with Gasteiger partial charge in [0.1, 0.15) is 0 Å². The van der Waals surface area contributed by atoms with Gasteiger partial charge in [-0.3, -0.25) is 14.5 Å². The molecule has 0 unspecified atom stereocenters. The van der Waals surface area contributed by atoms with E-state index in [0.717, 1.165) is 23.9 Å². The number of quaternary nitrogens is 1. The fraction of sp³-hybridized carbons (Fsp3) is 0.714. The largest absolute Gasteiger partial charge is 0.329 e. The number of nitrogens with zero attached hydrogens (tertiary/aromatic N) is 2. The molecule has 0 aromatic carbocycles. The van der Waals surface area contributed by atoms with Crippen LogP contribution in [-0.2, 0) is 9.59 Å². The van der Waals surface area contributed by atoms with Crippen LogP contribution in [0.2, 0.25) is 0 Å². The van der Waals surface area contributed by atoms with Gasteiger partial charge >= 0.3 is 0 Å². The van der Waals surface area contributed by atoms with Crippen molar-refractivity contribution in [2.24, 2.45) is 11.8 Å². The van der Waals surface area contributed by atoms with Gasteiger partial charge in [-0.25, -0.2) is 0 Å². The third-order valence-corrected chi connectivity index (χ3v) is 3.91. The van der Waals surface area contributed by atoms with Gasteiger partial charge in [0.2, 0.25) is 11.8 Å². The number of rotatable bonds is 3. The lowest BCUT2D eigenvalue weighted by Crippen LogP contribution is -2.44. The Morgan fingerprint density at radius 3 is 2.44 bits per heavy atom. The van der Waals surface area contributed by atoms with Crippen LogP contribution in [0.4, 0.5) is 0 Å². The van der Waals surface area contributed by atoms with Gasteiger partial charge in [-0.1, -0.05) is 11.6 Å². The summed E-state index contributed by atoms with van der Waals surface area (Å²) in [6.45, 7) is 3.40. The molecule has 0 aromatic rings. The molecule has 2 atom stereocenters. The second-order valence-electron chi connectivity index (χ2n) is 6.55. The molecule has 100 valence electrons. The maximum atomic E-state index is 12.3. The van der Waals surface area contributed by atoms with E-state index in [4.69, 9.17) is 0 Å². The minimum absolute atomic E-state index is 0.0437. The summed E-state index contributed by atoms with van der Waals surface area (Å²) in [5, 5.41) is 0. The van der Waals surface area contributed by atoms with Crippen molar-refractivity contribution in [3.63, 3.8) is 0 Å². The molecule has 0 bridgehead atoms. The van der Waals surface area contributed by atoms with Crippen molar-refractivity contribution in [3.8, 4) is 0 Å². The lowest BCUT2D eigenvalue weighted by molar-refractivity contribution is -0.869. The predicted octanol–water partition coefficient (Wildman–Crippen LogP) is 1.03. The lowest BCUT2D eigenvalue weighted by Gasteiger charge is -2.26. The van der Waals surface area contributed by atoms with Crippen LogP contribution in [0.1, 0.15) is 19.8 Å². The van der Waals surface area contributed by atoms with Gasteiger partial charge in [0, 0.05) is 0 Å². The van der Waals surface area contributed by atoms with Crippen LogP contribution in [0.5, 0.6) is 0 Å². The summed E-state index contributed by atoms with van der Waals surface area (Å²) < 4.78 is 0.768. The van der Waals surface area contributed by atoms with Crippen LogP contribution in [0.3, 0.4) is 0 Å². The van der Waals surface area contributed by atoms with E-state index < -0.39 is 0 Å². The molecular formula is C14H23N2O2+. The van der Waals surface area contributed by atoms with Crippen LogP contribution in [0.15, 0.2) is 11.6 Å². The van der Waals surface area contributed by atoms with Crippen molar-refractivity contribution in [3.05, 3.63) is 11.6 Å². The van der Waals surface area contributed by atoms with E-state index in [-0.39, 0.29) is 23.7 Å². The first-order valence-electron chi connectivity index (χ1n) is 6.61. The molecule has 0 spiro atoms. The fourth-order valence-corrected chi connectivity index (χ4v) is 2.73. The SMILES string of the molecule is CC1=CC[C@@H]2C(=O)N(CC[N+](C)(C)C)C(=O)[C@H]2C1. The molecule has 4 heteroatoms. The van der Waals surface area contributed by atoms with Crippen LogP contribution in [0, 0.1) is 11.8 Å². The molecule has 1 aliphatic carbocycles. The van der Waals surface area contributed by atoms with Gasteiger partial charge in [0.05, 0.1) is 46.1 Å². The summed E-state index contributed by atoms with van der Waals surface area (Å²) in [5.41, 5.74) is 1.24. The Kier molecular flexibility index (Phi) is 3.32. The highest BCUT2D eigenvalue weighted by Crippen LogP contribution is 2.37. The predicted molar refractivity (Wildman–Crippen MR) is 69.6 cm³/mol. The maximum Gasteiger partial charge on any atom is 0.233 e. The van der Waals surface area contributed by atoms with Crippen molar-refractivity contribution in [1.29, 1.82) is 0 Å². The summed E-state index contributed by atoms with van der Waals surface area (Å²) >= 11 is 0. The number of carbonyl (C=O) groups is 2. The zero-order valence-corrected chi connectivity index (χ0v) is 11.8. The van der Waals surface area contributed by atoms with E-state index in [1.807, 2.05) is 6.92 Å². The van der Waals surface area contributed by atoms with Crippen molar-refractivity contribution in [2.75, 3.05) is 34.2 Å². The standard InChI is InChI=1S/C14H23N2O2/c1-10-5-6-11-12(9-10)14(18)15(13(11)17)7-8-16(2,3)4/h5,11-12H,6-9H2,1-4H3/q+1/t11-,12-/m0/s1. The normalized spacial score (nSPS) is 28.4. The Hall–Kier alpha value is -1.16. The number of likely N-dealkylation sites (tertiary alicyclic amines) is 1. The Balaban J connectivity index is 2.07. The van der Waals surface area contributed by atoms with E-state index in [2.05, 4.69) is 27.2 Å². The van der Waals surface area contributed by atoms with Crippen molar-refractivity contribution >= 4 is 11.8 Å². The van der Waals surface area contributed by atoms with E-state index in [1.54, 1.807) is 0 Å². The van der Waals surface area contributed by atoms with E-state index >= 15 is 0 Å². The zero-order valence-electron chi connectivity index (χ0n) is 11.8. The summed E-state index contributed by atoms with van der Waals surface area (Å²) in [7, 11) is 6.22. The maximum absolute atomic E-state index is 12.3. The molecule has 0 saturated carbocycles. The van der Waals surface area contributed by atoms with Gasteiger partial charge in [-0.15, -0.1) is 0 Å². The highest BCUT2D eigenvalue weighted by atomic mass is 16.2. The Bertz CT molecular complexity index is 407.